The van der Waals surface area contributed by atoms with Crippen LogP contribution in [0.1, 0.15) is 24.1 Å². The molecule has 43 heavy (non-hydrogen) atoms. The van der Waals surface area contributed by atoms with Crippen molar-refractivity contribution in [1.82, 2.24) is 24.8 Å². The minimum atomic E-state index is -1.01. The lowest BCUT2D eigenvalue weighted by Crippen LogP contribution is -2.57. The molecule has 2 atom stereocenters. The average Bonchev–Trinajstić information content (AvgIpc) is 3.43. The van der Waals surface area contributed by atoms with Crippen molar-refractivity contribution in [3.63, 3.8) is 0 Å². The maximum atomic E-state index is 13.8. The highest BCUT2D eigenvalue weighted by atomic mass is 35.5. The third kappa shape index (κ3) is 5.82. The Bertz CT molecular complexity index is 1590. The lowest BCUT2D eigenvalue weighted by atomic mass is 10.0. The number of amides is 1. The van der Waals surface area contributed by atoms with E-state index in [0.717, 1.165) is 52.9 Å². The predicted molar refractivity (Wildman–Crippen MR) is 164 cm³/mol. The van der Waals surface area contributed by atoms with Crippen LogP contribution in [-0.4, -0.2) is 95.7 Å². The minimum Gasteiger partial charge on any atom is -0.462 e. The molecular weight excluding hydrogens is 571 g/mol. The zero-order valence-corrected chi connectivity index (χ0v) is 24.9. The van der Waals surface area contributed by atoms with E-state index in [4.69, 9.17) is 32.9 Å². The summed E-state index contributed by atoms with van der Waals surface area (Å²) in [5, 5.41) is 2.38. The van der Waals surface area contributed by atoms with Crippen LogP contribution in [-0.2, 0) is 17.8 Å². The number of aromatic nitrogens is 3. The number of hydrogen-bond donors (Lipinski definition) is 0. The van der Waals surface area contributed by atoms with E-state index in [1.54, 1.807) is 6.20 Å². The molecule has 224 valence electrons. The van der Waals surface area contributed by atoms with Crippen molar-refractivity contribution in [2.45, 2.75) is 37.9 Å². The van der Waals surface area contributed by atoms with Gasteiger partial charge in [-0.25, -0.2) is 15.9 Å². The standard InChI is InChI=1S/C31H34ClFN8O2/c1-20(33)30(42)41-15-14-40(17-23(41)16-34-2)29-24-10-13-39(26-8-4-6-21-9-11-35-28(32)27(21)26)18-25(24)36-31(37-29)43-19-22-7-5-12-38(22)3/h4,6,8-9,11,22-23H,1,5,7,10,12-19H2,3H3/t22-,23-/m0/s1. The molecule has 6 rings (SSSR count). The SMILES string of the molecule is [C-]#[N+]C[C@H]1CN(c2nc(OC[C@@H]3CCCN3C)nc3c2CCN(c2cccc4ccnc(Cl)c24)C3)CCN1C(=O)C(=C)F. The fourth-order valence-corrected chi connectivity index (χ4v) is 6.71. The van der Waals surface area contributed by atoms with Gasteiger partial charge in [0.2, 0.25) is 6.54 Å². The molecule has 0 unspecified atom stereocenters. The molecule has 3 aliphatic rings. The monoisotopic (exact) mass is 604 g/mol. The predicted octanol–water partition coefficient (Wildman–Crippen LogP) is 4.13. The zero-order chi connectivity index (χ0) is 30.1. The second-order valence-corrected chi connectivity index (χ2v) is 11.7. The summed E-state index contributed by atoms with van der Waals surface area (Å²) < 4.78 is 20.0. The first-order chi connectivity index (χ1) is 20.8. The number of fused-ring (bicyclic) bond motifs is 2. The maximum Gasteiger partial charge on any atom is 0.318 e. The Kier molecular flexibility index (Phi) is 8.32. The fourth-order valence-electron chi connectivity index (χ4n) is 6.45. The highest BCUT2D eigenvalue weighted by molar-refractivity contribution is 6.35. The number of hydrogen-bond acceptors (Lipinski definition) is 8. The van der Waals surface area contributed by atoms with E-state index >= 15 is 0 Å². The van der Waals surface area contributed by atoms with Crippen LogP contribution in [0.2, 0.25) is 5.15 Å². The largest absolute Gasteiger partial charge is 0.462 e. The number of piperazine rings is 1. The van der Waals surface area contributed by atoms with E-state index < -0.39 is 17.8 Å². The van der Waals surface area contributed by atoms with Gasteiger partial charge in [-0.05, 0) is 50.4 Å². The van der Waals surface area contributed by atoms with Crippen LogP contribution in [0.5, 0.6) is 6.01 Å². The molecule has 0 radical (unpaired) electrons. The van der Waals surface area contributed by atoms with Crippen molar-refractivity contribution in [2.24, 2.45) is 0 Å². The summed E-state index contributed by atoms with van der Waals surface area (Å²) in [6, 6.07) is 8.18. The average molecular weight is 605 g/mol. The summed E-state index contributed by atoms with van der Waals surface area (Å²) in [5.41, 5.74) is 2.87. The first-order valence-electron chi connectivity index (χ1n) is 14.6. The van der Waals surface area contributed by atoms with Gasteiger partial charge in [0.05, 0.1) is 12.2 Å². The molecule has 10 nitrogen and oxygen atoms in total. The summed E-state index contributed by atoms with van der Waals surface area (Å²) >= 11 is 6.57. The Morgan fingerprint density at radius 2 is 2.05 bits per heavy atom. The minimum absolute atomic E-state index is 0.0593. The number of likely N-dealkylation sites (N-methyl/N-ethyl adjacent to an activating group) is 1. The molecule has 0 saturated carbocycles. The summed E-state index contributed by atoms with van der Waals surface area (Å²) in [6.07, 6.45) is 4.59. The van der Waals surface area contributed by atoms with Gasteiger partial charge in [0.1, 0.15) is 23.6 Å². The topological polar surface area (TPSA) is 82.3 Å². The maximum absolute atomic E-state index is 13.8. The normalized spacial score (nSPS) is 20.7. The van der Waals surface area contributed by atoms with Gasteiger partial charge in [-0.3, -0.25) is 4.79 Å². The highest BCUT2D eigenvalue weighted by Crippen LogP contribution is 2.36. The van der Waals surface area contributed by atoms with Crippen LogP contribution in [0.15, 0.2) is 42.9 Å². The summed E-state index contributed by atoms with van der Waals surface area (Å²) in [7, 11) is 2.10. The van der Waals surface area contributed by atoms with Gasteiger partial charge in [-0.15, -0.1) is 0 Å². The van der Waals surface area contributed by atoms with E-state index in [-0.39, 0.29) is 13.1 Å². The van der Waals surface area contributed by atoms with Crippen LogP contribution in [0, 0.1) is 6.57 Å². The van der Waals surface area contributed by atoms with Crippen LogP contribution in [0.4, 0.5) is 15.9 Å². The smallest absolute Gasteiger partial charge is 0.318 e. The number of ether oxygens (including phenoxy) is 1. The Morgan fingerprint density at radius 1 is 1.19 bits per heavy atom. The number of pyridine rings is 1. The molecule has 3 aliphatic heterocycles. The van der Waals surface area contributed by atoms with Crippen LogP contribution >= 0.6 is 11.6 Å². The van der Waals surface area contributed by atoms with Crippen LogP contribution in [0.3, 0.4) is 0 Å². The van der Waals surface area contributed by atoms with Gasteiger partial charge in [0.15, 0.2) is 5.83 Å². The first kappa shape index (κ1) is 29.1. The molecule has 1 amide bonds. The second kappa shape index (κ2) is 12.3. The summed E-state index contributed by atoms with van der Waals surface area (Å²) in [6.45, 7) is 14.5. The molecule has 5 heterocycles. The number of likely N-dealkylation sites (tertiary alicyclic amines) is 1. The Hall–Kier alpha value is -4.01. The number of carbonyl (C=O) groups excluding carboxylic acids is 1. The molecule has 0 N–H and O–H groups in total. The molecule has 12 heteroatoms. The molecule has 2 fully saturated rings. The molecule has 1 aromatic carbocycles. The van der Waals surface area contributed by atoms with Crippen molar-refractivity contribution in [2.75, 3.05) is 62.7 Å². The highest BCUT2D eigenvalue weighted by Gasteiger charge is 2.36. The number of rotatable bonds is 7. The number of nitrogens with zero attached hydrogens (tertiary/aromatic N) is 8. The zero-order valence-electron chi connectivity index (χ0n) is 24.2. The van der Waals surface area contributed by atoms with Crippen molar-refractivity contribution in [3.05, 3.63) is 70.7 Å². The van der Waals surface area contributed by atoms with Gasteiger partial charge in [0, 0.05) is 55.1 Å². The van der Waals surface area contributed by atoms with Gasteiger partial charge in [-0.1, -0.05) is 30.3 Å². The third-order valence-corrected chi connectivity index (χ3v) is 9.03. The molecule has 2 aromatic heterocycles. The molecule has 0 aliphatic carbocycles. The molecule has 3 aromatic rings. The van der Waals surface area contributed by atoms with Crippen molar-refractivity contribution in [1.29, 1.82) is 0 Å². The van der Waals surface area contributed by atoms with Crippen molar-refractivity contribution < 1.29 is 13.9 Å². The molecular formula is C31H34ClFN8O2. The van der Waals surface area contributed by atoms with E-state index in [9.17, 15) is 9.18 Å². The van der Waals surface area contributed by atoms with E-state index in [1.165, 1.54) is 4.90 Å². The first-order valence-corrected chi connectivity index (χ1v) is 15.0. The Balaban J connectivity index is 1.34. The molecule has 0 spiro atoms. The lowest BCUT2D eigenvalue weighted by Gasteiger charge is -2.41. The lowest BCUT2D eigenvalue weighted by molar-refractivity contribution is -0.131. The van der Waals surface area contributed by atoms with Crippen molar-refractivity contribution >= 4 is 39.8 Å². The number of halogens is 2. The Labute approximate surface area is 255 Å². The number of anilines is 2. The van der Waals surface area contributed by atoms with E-state index in [1.807, 2.05) is 18.2 Å². The summed E-state index contributed by atoms with van der Waals surface area (Å²) in [4.78, 5) is 38.2. The van der Waals surface area contributed by atoms with E-state index in [0.29, 0.717) is 56.4 Å². The van der Waals surface area contributed by atoms with E-state index in [2.05, 4.69) is 44.2 Å². The van der Waals surface area contributed by atoms with Gasteiger partial charge < -0.3 is 29.2 Å². The Morgan fingerprint density at radius 3 is 2.81 bits per heavy atom. The molecule has 0 bridgehead atoms. The quantitative estimate of drug-likeness (QED) is 0.226. The third-order valence-electron chi connectivity index (χ3n) is 8.74. The van der Waals surface area contributed by atoms with Gasteiger partial charge in [0.25, 0.3) is 5.91 Å². The van der Waals surface area contributed by atoms with Crippen LogP contribution < -0.4 is 14.5 Å². The van der Waals surface area contributed by atoms with Crippen LogP contribution in [0.25, 0.3) is 15.6 Å². The fraction of sp³-hybridized carbons (Fsp3) is 0.452. The number of benzene rings is 1. The second-order valence-electron chi connectivity index (χ2n) is 11.3. The van der Waals surface area contributed by atoms with Crippen molar-refractivity contribution in [3.8, 4) is 6.01 Å². The molecule has 2 saturated heterocycles. The summed E-state index contributed by atoms with van der Waals surface area (Å²) in [5.74, 6) is -1.03. The van der Waals surface area contributed by atoms with Gasteiger partial charge in [-0.2, -0.15) is 9.97 Å². The number of carbonyl (C=O) groups is 1. The van der Waals surface area contributed by atoms with Gasteiger partial charge >= 0.3 is 6.01 Å².